The van der Waals surface area contributed by atoms with E-state index in [1.165, 1.54) is 0 Å². The number of nitrogens with zero attached hydrogens (tertiary/aromatic N) is 1. The number of aromatic carboxylic acids is 1. The van der Waals surface area contributed by atoms with Gasteiger partial charge in [-0.3, -0.25) is 4.79 Å². The fourth-order valence-corrected chi connectivity index (χ4v) is 2.98. The van der Waals surface area contributed by atoms with Crippen LogP contribution in [0.4, 0.5) is 0 Å². The van der Waals surface area contributed by atoms with E-state index in [2.05, 4.69) is 10.5 Å². The van der Waals surface area contributed by atoms with E-state index >= 15 is 0 Å². The first-order valence-corrected chi connectivity index (χ1v) is 7.81. The van der Waals surface area contributed by atoms with Gasteiger partial charge in [-0.25, -0.2) is 5.43 Å². The van der Waals surface area contributed by atoms with Crippen LogP contribution in [0, 0.1) is 6.92 Å². The van der Waals surface area contributed by atoms with Crippen molar-refractivity contribution in [1.29, 1.82) is 0 Å². The zero-order valence-electron chi connectivity index (χ0n) is 13.9. The number of hydrogen-bond donors (Lipinski definition) is 1. The molecular formula is C17H14ClKN2O4. The van der Waals surface area contributed by atoms with Crippen molar-refractivity contribution in [3.8, 4) is 0 Å². The molecule has 6 nitrogen and oxygen atoms in total. The number of rotatable bonds is 3. The van der Waals surface area contributed by atoms with Gasteiger partial charge in [0.25, 0.3) is 5.91 Å². The molecule has 0 radical (unpaired) electrons. The molecule has 1 aliphatic rings. The van der Waals surface area contributed by atoms with Gasteiger partial charge < -0.3 is 14.3 Å². The third-order valence-corrected chi connectivity index (χ3v) is 4.13. The Labute approximate surface area is 192 Å². The molecule has 0 saturated heterocycles. The van der Waals surface area contributed by atoms with E-state index in [-0.39, 0.29) is 57.1 Å². The fraction of sp³-hybridized carbons (Fsp3) is 0.235. The third-order valence-electron chi connectivity index (χ3n) is 3.89. The van der Waals surface area contributed by atoms with Gasteiger partial charge in [-0.05, 0) is 38.0 Å². The summed E-state index contributed by atoms with van der Waals surface area (Å²) in [4.78, 5) is 23.2. The maximum absolute atomic E-state index is 12.1. The maximum Gasteiger partial charge on any atom is 1.00 e. The Morgan fingerprint density at radius 3 is 2.76 bits per heavy atom. The molecule has 1 aliphatic carbocycles. The number of halogens is 1. The Balaban J connectivity index is 0.00000225. The number of aryl methyl sites for hydroxylation is 1. The van der Waals surface area contributed by atoms with Crippen LogP contribution in [0.15, 0.2) is 33.8 Å². The predicted molar refractivity (Wildman–Crippen MR) is 86.2 cm³/mol. The van der Waals surface area contributed by atoms with Crippen LogP contribution in [0.5, 0.6) is 0 Å². The standard InChI is InChI=1S/C17H15ClN2O4.K/c1-9-14-12(6-3-7-13(14)24-15(9)17(22)23)19-20-16(21)10-4-2-5-11(18)8-10;/h2,4-5,8H,3,6-7H2,1H3,(H,20,21)(H,22,23);/q;+1/p-1/b19-12+;. The van der Waals surface area contributed by atoms with Crippen molar-refractivity contribution in [2.24, 2.45) is 5.10 Å². The molecule has 8 heteroatoms. The second kappa shape index (κ2) is 8.61. The minimum atomic E-state index is -1.36. The first-order valence-electron chi connectivity index (χ1n) is 7.44. The molecule has 0 fully saturated rings. The number of carboxylic acids is 1. The molecule has 25 heavy (non-hydrogen) atoms. The Hall–Kier alpha value is -0.964. The van der Waals surface area contributed by atoms with E-state index in [4.69, 9.17) is 16.0 Å². The van der Waals surface area contributed by atoms with Crippen LogP contribution >= 0.6 is 11.6 Å². The SMILES string of the molecule is Cc1c(C(=O)[O-])oc2c1/C(=N/NC(=O)c1cccc(Cl)c1)CCC2.[K+]. The van der Waals surface area contributed by atoms with Gasteiger partial charge in [0.2, 0.25) is 0 Å². The fourth-order valence-electron chi connectivity index (χ4n) is 2.79. The molecule has 1 N–H and O–H groups in total. The summed E-state index contributed by atoms with van der Waals surface area (Å²) in [6.45, 7) is 1.65. The first-order chi connectivity index (χ1) is 11.5. The van der Waals surface area contributed by atoms with Crippen molar-refractivity contribution in [2.45, 2.75) is 26.2 Å². The van der Waals surface area contributed by atoms with Crippen LogP contribution in [0.1, 0.15) is 50.6 Å². The van der Waals surface area contributed by atoms with E-state index in [9.17, 15) is 14.7 Å². The molecule has 1 aromatic heterocycles. The Bertz CT molecular complexity index is 860. The van der Waals surface area contributed by atoms with Gasteiger partial charge in [0.05, 0.1) is 5.71 Å². The number of nitrogens with one attached hydrogen (secondary N) is 1. The van der Waals surface area contributed by atoms with Crippen molar-refractivity contribution in [2.75, 3.05) is 0 Å². The Morgan fingerprint density at radius 1 is 1.32 bits per heavy atom. The molecule has 0 bridgehead atoms. The monoisotopic (exact) mass is 384 g/mol. The van der Waals surface area contributed by atoms with E-state index in [0.29, 0.717) is 46.0 Å². The number of benzene rings is 1. The minimum absolute atomic E-state index is 0. The number of hydrogen-bond acceptors (Lipinski definition) is 5. The number of carbonyl (C=O) groups excluding carboxylic acids is 2. The molecule has 2 aromatic rings. The summed E-state index contributed by atoms with van der Waals surface area (Å²) >= 11 is 5.87. The van der Waals surface area contributed by atoms with Gasteiger partial charge in [-0.2, -0.15) is 5.10 Å². The van der Waals surface area contributed by atoms with Crippen molar-refractivity contribution in [3.63, 3.8) is 0 Å². The van der Waals surface area contributed by atoms with E-state index in [1.807, 2.05) is 0 Å². The molecule has 0 spiro atoms. The molecule has 0 saturated carbocycles. The summed E-state index contributed by atoms with van der Waals surface area (Å²) in [5.41, 5.74) is 4.59. The van der Waals surface area contributed by atoms with Gasteiger partial charge >= 0.3 is 51.4 Å². The largest absolute Gasteiger partial charge is 1.00 e. The number of carbonyl (C=O) groups is 2. The molecule has 124 valence electrons. The van der Waals surface area contributed by atoms with Gasteiger partial charge in [-0.1, -0.05) is 17.7 Å². The zero-order chi connectivity index (χ0) is 17.3. The molecule has 0 atom stereocenters. The normalized spacial score (nSPS) is 14.6. The number of hydrazone groups is 1. The van der Waals surface area contributed by atoms with Crippen LogP contribution in [0.2, 0.25) is 5.02 Å². The third kappa shape index (κ3) is 4.42. The maximum atomic E-state index is 12.1. The number of fused-ring (bicyclic) bond motifs is 1. The topological polar surface area (TPSA) is 94.7 Å². The quantitative estimate of drug-likeness (QED) is 0.547. The van der Waals surface area contributed by atoms with Crippen molar-refractivity contribution in [1.82, 2.24) is 5.43 Å². The average Bonchev–Trinajstić information content (AvgIpc) is 2.90. The Morgan fingerprint density at radius 2 is 2.08 bits per heavy atom. The molecule has 1 amide bonds. The number of carboxylic acid groups (broad SMARTS) is 1. The van der Waals surface area contributed by atoms with E-state index in [0.717, 1.165) is 6.42 Å². The summed E-state index contributed by atoms with van der Waals surface area (Å²) in [5.74, 6) is -1.37. The van der Waals surface area contributed by atoms with Crippen molar-refractivity contribution in [3.05, 3.63) is 57.5 Å². The predicted octanol–water partition coefficient (Wildman–Crippen LogP) is -0.921. The molecule has 1 aromatic carbocycles. The van der Waals surface area contributed by atoms with Gasteiger partial charge in [0.15, 0.2) is 5.76 Å². The summed E-state index contributed by atoms with van der Waals surface area (Å²) < 4.78 is 5.36. The van der Waals surface area contributed by atoms with Crippen LogP contribution < -0.4 is 61.9 Å². The number of amides is 1. The summed E-state index contributed by atoms with van der Waals surface area (Å²) in [7, 11) is 0. The minimum Gasteiger partial charge on any atom is -0.542 e. The second-order valence-electron chi connectivity index (χ2n) is 5.51. The van der Waals surface area contributed by atoms with Crippen LogP contribution in [-0.4, -0.2) is 17.6 Å². The van der Waals surface area contributed by atoms with Crippen LogP contribution in [0.3, 0.4) is 0 Å². The Kier molecular flexibility index (Phi) is 7.01. The zero-order valence-corrected chi connectivity index (χ0v) is 17.8. The molecule has 3 rings (SSSR count). The summed E-state index contributed by atoms with van der Waals surface area (Å²) in [5, 5.41) is 15.7. The average molecular weight is 385 g/mol. The molecule has 0 aliphatic heterocycles. The molecule has 0 unspecified atom stereocenters. The van der Waals surface area contributed by atoms with Gasteiger partial charge in [0.1, 0.15) is 11.7 Å². The smallest absolute Gasteiger partial charge is 0.542 e. The van der Waals surface area contributed by atoms with Gasteiger partial charge in [-0.15, -0.1) is 0 Å². The molecular weight excluding hydrogens is 371 g/mol. The second-order valence-corrected chi connectivity index (χ2v) is 5.94. The van der Waals surface area contributed by atoms with Crippen molar-refractivity contribution >= 4 is 29.2 Å². The van der Waals surface area contributed by atoms with E-state index in [1.54, 1.807) is 31.2 Å². The molecule has 1 heterocycles. The summed E-state index contributed by atoms with van der Waals surface area (Å²) in [6.07, 6.45) is 2.01. The number of furan rings is 1. The first kappa shape index (κ1) is 20.3. The van der Waals surface area contributed by atoms with Crippen molar-refractivity contribution < 1.29 is 70.5 Å². The summed E-state index contributed by atoms with van der Waals surface area (Å²) in [6, 6.07) is 6.52. The van der Waals surface area contributed by atoms with Crippen LogP contribution in [-0.2, 0) is 6.42 Å². The van der Waals surface area contributed by atoms with Gasteiger partial charge in [0, 0.05) is 28.1 Å². The van der Waals surface area contributed by atoms with E-state index < -0.39 is 11.9 Å². The van der Waals surface area contributed by atoms with Crippen LogP contribution in [0.25, 0.3) is 0 Å².